The third kappa shape index (κ3) is 6.17. The number of anilines is 1. The molecule has 132 valence electrons. The van der Waals surface area contributed by atoms with E-state index in [1.807, 2.05) is 73.6 Å². The topological polar surface area (TPSA) is 51.1 Å². The lowest BCUT2D eigenvalue weighted by Crippen LogP contribution is -2.33. The van der Waals surface area contributed by atoms with Crippen LogP contribution in [0.15, 0.2) is 59.7 Å². The average molecular weight is 356 g/mol. The minimum absolute atomic E-state index is 0.137. The Bertz CT molecular complexity index is 688. The van der Waals surface area contributed by atoms with Crippen molar-refractivity contribution in [3.05, 3.63) is 65.7 Å². The van der Waals surface area contributed by atoms with Gasteiger partial charge in [0.2, 0.25) is 0 Å². The minimum Gasteiger partial charge on any atom is -0.395 e. The Balaban J connectivity index is 1.86. The Labute approximate surface area is 154 Å². The van der Waals surface area contributed by atoms with E-state index >= 15 is 0 Å². The lowest BCUT2D eigenvalue weighted by molar-refractivity contribution is 0.304. The summed E-state index contributed by atoms with van der Waals surface area (Å²) in [6.45, 7) is 1.42. The van der Waals surface area contributed by atoms with E-state index in [4.69, 9.17) is 17.3 Å². The van der Waals surface area contributed by atoms with Crippen molar-refractivity contribution in [3.63, 3.8) is 0 Å². The van der Waals surface area contributed by atoms with Crippen LogP contribution in [0.25, 0.3) is 0 Å². The average Bonchev–Trinajstić information content (AvgIpc) is 2.65. The highest BCUT2D eigenvalue weighted by Crippen LogP contribution is 2.12. The fraction of sp³-hybridized carbons (Fsp3) is 0.263. The number of rotatable bonds is 7. The lowest BCUT2D eigenvalue weighted by Gasteiger charge is -2.18. The Morgan fingerprint density at radius 3 is 2.44 bits per heavy atom. The predicted octanol–water partition coefficient (Wildman–Crippen LogP) is 2.46. The molecule has 0 aromatic heterocycles. The second-order valence-corrected chi connectivity index (χ2v) is 6.04. The maximum Gasteiger partial charge on any atom is 0.189 e. The van der Waals surface area contributed by atoms with Gasteiger partial charge in [-0.05, 0) is 35.5 Å². The quantitative estimate of drug-likeness (QED) is 0.453. The molecular formula is C19H24N4OS. The molecule has 0 heterocycles. The van der Waals surface area contributed by atoms with Crippen LogP contribution in [0.1, 0.15) is 11.1 Å². The summed E-state index contributed by atoms with van der Waals surface area (Å²) in [6.07, 6.45) is 1.77. The molecule has 0 radical (unpaired) electrons. The summed E-state index contributed by atoms with van der Waals surface area (Å²) < 4.78 is 0. The zero-order chi connectivity index (χ0) is 18.1. The molecule has 0 atom stereocenters. The van der Waals surface area contributed by atoms with E-state index in [1.165, 1.54) is 5.56 Å². The van der Waals surface area contributed by atoms with Gasteiger partial charge in [-0.3, -0.25) is 0 Å². The molecule has 0 amide bonds. The monoisotopic (exact) mass is 356 g/mol. The zero-order valence-electron chi connectivity index (χ0n) is 14.6. The number of hydrazone groups is 1. The summed E-state index contributed by atoms with van der Waals surface area (Å²) in [5.74, 6) is 0. The van der Waals surface area contributed by atoms with E-state index in [2.05, 4.69) is 10.4 Å². The Morgan fingerprint density at radius 1 is 1.12 bits per heavy atom. The minimum atomic E-state index is 0.137. The molecule has 0 spiro atoms. The molecular weight excluding hydrogens is 332 g/mol. The van der Waals surface area contributed by atoms with Crippen molar-refractivity contribution in [1.82, 2.24) is 10.3 Å². The van der Waals surface area contributed by atoms with E-state index in [1.54, 1.807) is 11.2 Å². The smallest absolute Gasteiger partial charge is 0.189 e. The van der Waals surface area contributed by atoms with E-state index in [-0.39, 0.29) is 6.61 Å². The van der Waals surface area contributed by atoms with Crippen molar-refractivity contribution in [2.75, 3.05) is 32.1 Å². The summed E-state index contributed by atoms with van der Waals surface area (Å²) in [5.41, 5.74) is 3.21. The van der Waals surface area contributed by atoms with E-state index in [0.717, 1.165) is 11.3 Å². The summed E-state index contributed by atoms with van der Waals surface area (Å²) >= 11 is 5.35. The molecule has 0 fully saturated rings. The number of likely N-dealkylation sites (N-methyl/N-ethyl adjacent to an activating group) is 1. The molecule has 0 unspecified atom stereocenters. The van der Waals surface area contributed by atoms with Gasteiger partial charge in [0.05, 0.1) is 12.8 Å². The molecule has 2 rings (SSSR count). The molecule has 2 N–H and O–H groups in total. The summed E-state index contributed by atoms with van der Waals surface area (Å²) in [6, 6.07) is 18.1. The van der Waals surface area contributed by atoms with Gasteiger partial charge in [0.25, 0.3) is 0 Å². The molecule has 0 saturated heterocycles. The maximum absolute atomic E-state index is 8.98. The summed E-state index contributed by atoms with van der Waals surface area (Å²) in [5, 5.41) is 18.7. The van der Waals surface area contributed by atoms with Crippen molar-refractivity contribution in [1.29, 1.82) is 0 Å². The lowest BCUT2D eigenvalue weighted by atomic mass is 10.2. The number of aliphatic hydroxyl groups is 1. The number of benzene rings is 2. The molecule has 0 bridgehead atoms. The SMILES string of the molecule is CN(/N=C\c1ccc(N(C)CCO)cc1)C(=S)NCc1ccccc1. The molecule has 0 aliphatic heterocycles. The number of hydrogen-bond acceptors (Lipinski definition) is 4. The summed E-state index contributed by atoms with van der Waals surface area (Å²) in [4.78, 5) is 2.00. The van der Waals surface area contributed by atoms with Crippen LogP contribution in [0.2, 0.25) is 0 Å². The van der Waals surface area contributed by atoms with Gasteiger partial charge >= 0.3 is 0 Å². The van der Waals surface area contributed by atoms with Crippen LogP contribution in [0, 0.1) is 0 Å². The third-order valence-corrected chi connectivity index (χ3v) is 4.14. The van der Waals surface area contributed by atoms with Crippen LogP contribution in [0.5, 0.6) is 0 Å². The highest BCUT2D eigenvalue weighted by molar-refractivity contribution is 7.80. The van der Waals surface area contributed by atoms with Crippen LogP contribution >= 0.6 is 12.2 Å². The molecule has 5 nitrogen and oxygen atoms in total. The first kappa shape index (κ1) is 18.9. The van der Waals surface area contributed by atoms with Crippen molar-refractivity contribution in [2.45, 2.75) is 6.54 Å². The van der Waals surface area contributed by atoms with Crippen molar-refractivity contribution < 1.29 is 5.11 Å². The standard InChI is InChI=1S/C19H24N4OS/c1-22(12-13-24)18-10-8-17(9-11-18)15-21-23(2)19(25)20-14-16-6-4-3-5-7-16/h3-11,15,24H,12-14H2,1-2H3,(H,20,25)/b21-15-. The van der Waals surface area contributed by atoms with Crippen LogP contribution < -0.4 is 10.2 Å². The molecule has 2 aromatic carbocycles. The first-order valence-corrected chi connectivity index (χ1v) is 8.52. The Morgan fingerprint density at radius 2 is 1.80 bits per heavy atom. The molecule has 2 aromatic rings. The third-order valence-electron chi connectivity index (χ3n) is 3.73. The molecule has 6 heteroatoms. The molecule has 25 heavy (non-hydrogen) atoms. The largest absolute Gasteiger partial charge is 0.395 e. The van der Waals surface area contributed by atoms with Gasteiger partial charge in [-0.2, -0.15) is 5.10 Å². The van der Waals surface area contributed by atoms with Crippen LogP contribution in [0.4, 0.5) is 5.69 Å². The number of nitrogens with one attached hydrogen (secondary N) is 1. The van der Waals surface area contributed by atoms with Gasteiger partial charge in [-0.1, -0.05) is 42.5 Å². The summed E-state index contributed by atoms with van der Waals surface area (Å²) in [7, 11) is 3.77. The normalized spacial score (nSPS) is 10.7. The van der Waals surface area contributed by atoms with Gasteiger partial charge in [-0.25, -0.2) is 5.01 Å². The zero-order valence-corrected chi connectivity index (χ0v) is 15.4. The second kappa shape index (κ2) is 9.76. The predicted molar refractivity (Wildman–Crippen MR) is 108 cm³/mol. The maximum atomic E-state index is 8.98. The first-order valence-electron chi connectivity index (χ1n) is 8.11. The molecule has 0 aliphatic rings. The van der Waals surface area contributed by atoms with Crippen molar-refractivity contribution in [3.8, 4) is 0 Å². The van der Waals surface area contributed by atoms with Crippen LogP contribution in [-0.2, 0) is 6.54 Å². The first-order chi connectivity index (χ1) is 12.1. The van der Waals surface area contributed by atoms with Crippen LogP contribution in [-0.4, -0.2) is 48.7 Å². The number of aliphatic hydroxyl groups excluding tert-OH is 1. The van der Waals surface area contributed by atoms with Crippen molar-refractivity contribution >= 4 is 29.2 Å². The second-order valence-electron chi connectivity index (χ2n) is 5.65. The van der Waals surface area contributed by atoms with E-state index in [9.17, 15) is 0 Å². The highest BCUT2D eigenvalue weighted by Gasteiger charge is 2.02. The van der Waals surface area contributed by atoms with E-state index < -0.39 is 0 Å². The van der Waals surface area contributed by atoms with Crippen LogP contribution in [0.3, 0.4) is 0 Å². The van der Waals surface area contributed by atoms with Gasteiger partial charge in [-0.15, -0.1) is 0 Å². The van der Waals surface area contributed by atoms with Gasteiger partial charge in [0, 0.05) is 32.9 Å². The van der Waals surface area contributed by atoms with Gasteiger partial charge in [0.1, 0.15) is 0 Å². The number of hydrogen-bond donors (Lipinski definition) is 2. The Kier molecular flexibility index (Phi) is 7.37. The van der Waals surface area contributed by atoms with Crippen molar-refractivity contribution in [2.24, 2.45) is 5.10 Å². The van der Waals surface area contributed by atoms with Gasteiger partial charge < -0.3 is 15.3 Å². The Hall–Kier alpha value is -2.44. The molecule has 0 saturated carbocycles. The van der Waals surface area contributed by atoms with E-state index in [0.29, 0.717) is 18.2 Å². The highest BCUT2D eigenvalue weighted by atomic mass is 32.1. The fourth-order valence-electron chi connectivity index (χ4n) is 2.19. The number of nitrogens with zero attached hydrogens (tertiary/aromatic N) is 3. The molecule has 0 aliphatic carbocycles. The fourth-order valence-corrected chi connectivity index (χ4v) is 2.31. The number of thiocarbonyl (C=S) groups is 1. The van der Waals surface area contributed by atoms with Gasteiger partial charge in [0.15, 0.2) is 5.11 Å².